The first-order chi connectivity index (χ1) is 8.95. The van der Waals surface area contributed by atoms with Crippen LogP contribution in [0.3, 0.4) is 0 Å². The highest BCUT2D eigenvalue weighted by Crippen LogP contribution is 2.35. The maximum atomic E-state index is 13.9. The van der Waals surface area contributed by atoms with Crippen LogP contribution < -0.4 is 5.32 Å². The molecule has 0 bridgehead atoms. The number of halogens is 2. The molecule has 2 heterocycles. The molecule has 19 heavy (non-hydrogen) atoms. The number of nitrogens with zero attached hydrogens (tertiary/aromatic N) is 1. The number of urea groups is 1. The third kappa shape index (κ3) is 2.18. The maximum absolute atomic E-state index is 13.9. The zero-order valence-electron chi connectivity index (χ0n) is 9.74. The molecule has 2 rings (SSSR count). The quantitative estimate of drug-likeness (QED) is 0.509. The number of ether oxygens (including phenoxy) is 1. The lowest BCUT2D eigenvalue weighted by atomic mass is 9.98. The Morgan fingerprint density at radius 1 is 1.53 bits per heavy atom. The second kappa shape index (κ2) is 5.00. The molecule has 0 saturated carbocycles. The monoisotopic (exact) mass is 280 g/mol. The standard InChI is InChI=1S/C10H14F2N2O5/c11-3-10(4-15)7(17)6(12)8(19-10)14-2-1-5(16)13-9(14)18/h1-2,5-8,15-17H,3-4H2,(H,13,18)/t5?,6-,7+,8-,10-/m1/s1. The molecule has 0 aliphatic carbocycles. The number of hydrogen-bond donors (Lipinski definition) is 4. The molecule has 9 heteroatoms. The van der Waals surface area contributed by atoms with Gasteiger partial charge < -0.3 is 25.4 Å². The van der Waals surface area contributed by atoms with E-state index < -0.39 is 49.6 Å². The Morgan fingerprint density at radius 3 is 2.68 bits per heavy atom. The van der Waals surface area contributed by atoms with Gasteiger partial charge in [0.25, 0.3) is 0 Å². The van der Waals surface area contributed by atoms with Gasteiger partial charge in [0, 0.05) is 6.20 Å². The van der Waals surface area contributed by atoms with Gasteiger partial charge in [-0.2, -0.15) is 0 Å². The Morgan fingerprint density at radius 2 is 2.21 bits per heavy atom. The van der Waals surface area contributed by atoms with Crippen molar-refractivity contribution in [3.63, 3.8) is 0 Å². The molecular weight excluding hydrogens is 266 g/mol. The van der Waals surface area contributed by atoms with E-state index in [2.05, 4.69) is 5.32 Å². The van der Waals surface area contributed by atoms with Crippen LogP contribution in [0, 0.1) is 0 Å². The molecule has 1 unspecified atom stereocenters. The van der Waals surface area contributed by atoms with E-state index in [0.717, 1.165) is 17.2 Å². The summed E-state index contributed by atoms with van der Waals surface area (Å²) in [5, 5.41) is 29.9. The van der Waals surface area contributed by atoms with Crippen molar-refractivity contribution in [3.8, 4) is 0 Å². The van der Waals surface area contributed by atoms with Crippen molar-refractivity contribution in [2.75, 3.05) is 13.3 Å². The number of hydrogen-bond acceptors (Lipinski definition) is 5. The number of alkyl halides is 2. The van der Waals surface area contributed by atoms with E-state index in [1.165, 1.54) is 0 Å². The minimum Gasteiger partial charge on any atom is -0.393 e. The van der Waals surface area contributed by atoms with Gasteiger partial charge in [0.15, 0.2) is 18.0 Å². The van der Waals surface area contributed by atoms with E-state index in [0.29, 0.717) is 0 Å². The van der Waals surface area contributed by atoms with E-state index in [-0.39, 0.29) is 0 Å². The zero-order valence-corrected chi connectivity index (χ0v) is 9.74. The van der Waals surface area contributed by atoms with Gasteiger partial charge in [-0.1, -0.05) is 0 Å². The molecule has 0 aromatic rings. The predicted molar refractivity (Wildman–Crippen MR) is 57.1 cm³/mol. The van der Waals surface area contributed by atoms with Gasteiger partial charge in [0.2, 0.25) is 0 Å². The van der Waals surface area contributed by atoms with Crippen molar-refractivity contribution in [1.82, 2.24) is 10.2 Å². The van der Waals surface area contributed by atoms with Crippen LogP contribution in [0.15, 0.2) is 12.3 Å². The zero-order chi connectivity index (χ0) is 14.2. The van der Waals surface area contributed by atoms with E-state index >= 15 is 0 Å². The summed E-state index contributed by atoms with van der Waals surface area (Å²) in [6, 6.07) is -0.859. The summed E-state index contributed by atoms with van der Waals surface area (Å²) in [4.78, 5) is 12.3. The molecule has 2 aliphatic rings. The molecule has 0 aromatic carbocycles. The average Bonchev–Trinajstić information content (AvgIpc) is 2.64. The molecule has 5 atom stereocenters. The first-order valence-corrected chi connectivity index (χ1v) is 5.57. The van der Waals surface area contributed by atoms with Crippen LogP contribution in [0.2, 0.25) is 0 Å². The summed E-state index contributed by atoms with van der Waals surface area (Å²) in [5.41, 5.74) is -2.09. The maximum Gasteiger partial charge on any atom is 0.325 e. The molecule has 0 spiro atoms. The van der Waals surface area contributed by atoms with Crippen LogP contribution >= 0.6 is 0 Å². The van der Waals surface area contributed by atoms with Gasteiger partial charge in [0.05, 0.1) is 6.61 Å². The first kappa shape index (κ1) is 14.1. The highest BCUT2D eigenvalue weighted by atomic mass is 19.1. The van der Waals surface area contributed by atoms with Gasteiger partial charge in [-0.3, -0.25) is 4.90 Å². The van der Waals surface area contributed by atoms with Crippen LogP contribution in [-0.2, 0) is 4.74 Å². The Hall–Kier alpha value is -1.29. The van der Waals surface area contributed by atoms with Crippen LogP contribution in [-0.4, -0.2) is 69.9 Å². The fourth-order valence-corrected chi connectivity index (χ4v) is 2.01. The van der Waals surface area contributed by atoms with Gasteiger partial charge in [-0.15, -0.1) is 0 Å². The molecule has 2 aliphatic heterocycles. The highest BCUT2D eigenvalue weighted by Gasteiger charge is 2.57. The van der Waals surface area contributed by atoms with Crippen molar-refractivity contribution in [1.29, 1.82) is 0 Å². The number of nitrogens with one attached hydrogen (secondary N) is 1. The van der Waals surface area contributed by atoms with Crippen LogP contribution in [0.25, 0.3) is 0 Å². The van der Waals surface area contributed by atoms with E-state index in [9.17, 15) is 18.7 Å². The van der Waals surface area contributed by atoms with E-state index in [1.807, 2.05) is 0 Å². The topological polar surface area (TPSA) is 102 Å². The largest absolute Gasteiger partial charge is 0.393 e. The lowest BCUT2D eigenvalue weighted by Gasteiger charge is -2.31. The van der Waals surface area contributed by atoms with Crippen molar-refractivity contribution in [3.05, 3.63) is 12.3 Å². The summed E-state index contributed by atoms with van der Waals surface area (Å²) >= 11 is 0. The first-order valence-electron chi connectivity index (χ1n) is 5.57. The van der Waals surface area contributed by atoms with Crippen molar-refractivity contribution >= 4 is 6.03 Å². The third-order valence-corrected chi connectivity index (χ3v) is 3.17. The molecule has 1 saturated heterocycles. The Bertz CT molecular complexity index is 390. The summed E-state index contributed by atoms with van der Waals surface area (Å²) in [6.07, 6.45) is -4.56. The normalized spacial score (nSPS) is 42.6. The van der Waals surface area contributed by atoms with Crippen molar-refractivity contribution < 1.29 is 33.6 Å². The van der Waals surface area contributed by atoms with Gasteiger partial charge in [0.1, 0.15) is 19.0 Å². The summed E-state index contributed by atoms with van der Waals surface area (Å²) in [5.74, 6) is 0. The fraction of sp³-hybridized carbons (Fsp3) is 0.700. The van der Waals surface area contributed by atoms with Crippen LogP contribution in [0.5, 0.6) is 0 Å². The smallest absolute Gasteiger partial charge is 0.325 e. The molecule has 0 radical (unpaired) electrons. The van der Waals surface area contributed by atoms with Crippen molar-refractivity contribution in [2.24, 2.45) is 0 Å². The Kier molecular flexibility index (Phi) is 3.72. The molecular formula is C10H14F2N2O5. The average molecular weight is 280 g/mol. The number of amides is 2. The number of aliphatic hydroxyl groups excluding tert-OH is 3. The molecule has 0 aromatic heterocycles. The fourth-order valence-electron chi connectivity index (χ4n) is 2.01. The third-order valence-electron chi connectivity index (χ3n) is 3.17. The lowest BCUT2D eigenvalue weighted by molar-refractivity contribution is -0.141. The lowest BCUT2D eigenvalue weighted by Crippen LogP contribution is -2.52. The van der Waals surface area contributed by atoms with E-state index in [1.54, 1.807) is 0 Å². The SMILES string of the molecule is O=C1NC(O)C=CN1[C@@H]1O[C@@](CO)(CF)[C@@H](O)[C@H]1F. The van der Waals surface area contributed by atoms with Crippen LogP contribution in [0.4, 0.5) is 13.6 Å². The summed E-state index contributed by atoms with van der Waals surface area (Å²) < 4.78 is 31.8. The highest BCUT2D eigenvalue weighted by molar-refractivity contribution is 5.77. The second-order valence-corrected chi connectivity index (χ2v) is 4.40. The second-order valence-electron chi connectivity index (χ2n) is 4.40. The predicted octanol–water partition coefficient (Wildman–Crippen LogP) is -1.40. The van der Waals surface area contributed by atoms with Crippen LogP contribution in [0.1, 0.15) is 0 Å². The Labute approximate surface area is 107 Å². The molecule has 1 fully saturated rings. The molecule has 108 valence electrons. The minimum absolute atomic E-state index is 0.744. The van der Waals surface area contributed by atoms with Crippen molar-refractivity contribution in [2.45, 2.75) is 30.3 Å². The summed E-state index contributed by atoms with van der Waals surface area (Å²) in [6.45, 7) is -2.23. The van der Waals surface area contributed by atoms with Gasteiger partial charge >= 0.3 is 6.03 Å². The summed E-state index contributed by atoms with van der Waals surface area (Å²) in [7, 11) is 0. The number of carbonyl (C=O) groups excluding carboxylic acids is 1. The van der Waals surface area contributed by atoms with Gasteiger partial charge in [-0.05, 0) is 6.08 Å². The van der Waals surface area contributed by atoms with Gasteiger partial charge in [-0.25, -0.2) is 13.6 Å². The number of carbonyl (C=O) groups is 1. The molecule has 4 N–H and O–H groups in total. The number of aliphatic hydroxyl groups is 3. The minimum atomic E-state index is -2.09. The molecule has 2 amide bonds. The van der Waals surface area contributed by atoms with E-state index in [4.69, 9.17) is 14.9 Å². The number of rotatable bonds is 3. The Balaban J connectivity index is 2.23. The molecule has 7 nitrogen and oxygen atoms in total.